The minimum absolute atomic E-state index is 0. The summed E-state index contributed by atoms with van der Waals surface area (Å²) in [5.41, 5.74) is 10.2. The summed E-state index contributed by atoms with van der Waals surface area (Å²) in [5, 5.41) is 4.37. The van der Waals surface area contributed by atoms with Gasteiger partial charge in [-0.2, -0.15) is 5.10 Å². The molecule has 142 valence electrons. The molecule has 0 bridgehead atoms. The molecule has 1 atom stereocenters. The molecule has 8 heteroatoms. The van der Waals surface area contributed by atoms with Crippen LogP contribution in [-0.2, 0) is 18.3 Å². The lowest BCUT2D eigenvalue weighted by Crippen LogP contribution is -2.44. The largest absolute Gasteiger partial charge is 0.398 e. The number of hydrogen-bond acceptors (Lipinski definition) is 4. The molecular weight excluding hydrogens is 373 g/mol. The molecule has 2 N–H and O–H groups in total. The van der Waals surface area contributed by atoms with E-state index in [0.29, 0.717) is 0 Å². The number of aromatic nitrogens is 2. The Hall–Kier alpha value is -1.92. The van der Waals surface area contributed by atoms with Crippen LogP contribution >= 0.6 is 24.8 Å². The first-order valence-electron chi connectivity index (χ1n) is 8.52. The Balaban J connectivity index is 0.00000121. The van der Waals surface area contributed by atoms with Crippen molar-refractivity contribution in [1.82, 2.24) is 9.78 Å². The number of benzene rings is 1. The first-order chi connectivity index (χ1) is 11.6. The molecule has 0 radical (unpaired) electrons. The number of halogens is 2. The van der Waals surface area contributed by atoms with Crippen LogP contribution in [0.15, 0.2) is 24.3 Å². The van der Waals surface area contributed by atoms with Crippen molar-refractivity contribution in [3.63, 3.8) is 0 Å². The number of carbonyl (C=O) groups excluding carboxylic acids is 1. The number of rotatable bonds is 2. The second-order valence-electron chi connectivity index (χ2n) is 6.70. The molecule has 2 aliphatic heterocycles. The Morgan fingerprint density at radius 2 is 2.00 bits per heavy atom. The van der Waals surface area contributed by atoms with Gasteiger partial charge in [-0.25, -0.2) is 0 Å². The smallest absolute Gasteiger partial charge is 0.250 e. The van der Waals surface area contributed by atoms with Crippen LogP contribution < -0.4 is 15.5 Å². The van der Waals surface area contributed by atoms with E-state index >= 15 is 0 Å². The van der Waals surface area contributed by atoms with Crippen LogP contribution in [0.3, 0.4) is 0 Å². The van der Waals surface area contributed by atoms with E-state index in [1.165, 1.54) is 5.56 Å². The van der Waals surface area contributed by atoms with E-state index in [2.05, 4.69) is 16.1 Å². The highest BCUT2D eigenvalue weighted by Gasteiger charge is 2.39. The van der Waals surface area contributed by atoms with Gasteiger partial charge in [-0.15, -0.1) is 24.8 Å². The molecule has 6 nitrogen and oxygen atoms in total. The molecule has 2 aliphatic rings. The van der Waals surface area contributed by atoms with Crippen molar-refractivity contribution in [3.8, 4) is 0 Å². The SMILES string of the molecule is Cc1cc(N2CCC(N3CCCc4c(N)cccc43)C2=O)n(C)n1.Cl.Cl. The number of carbonyl (C=O) groups is 1. The summed E-state index contributed by atoms with van der Waals surface area (Å²) < 4.78 is 1.79. The van der Waals surface area contributed by atoms with Gasteiger partial charge in [0, 0.05) is 37.6 Å². The molecule has 1 aromatic carbocycles. The normalized spacial score (nSPS) is 19.0. The molecule has 4 rings (SSSR count). The standard InChI is InChI=1S/C18H23N5O.2ClH/c1-12-11-17(21(2)20-12)23-10-8-16(18(23)24)22-9-4-5-13-14(19)6-3-7-15(13)22;;/h3,6-7,11,16H,4-5,8-10,19H2,1-2H3;2*1H. The van der Waals surface area contributed by atoms with Gasteiger partial charge in [0.05, 0.1) is 5.69 Å². The van der Waals surface area contributed by atoms with Gasteiger partial charge in [0.2, 0.25) is 0 Å². The summed E-state index contributed by atoms with van der Waals surface area (Å²) in [6.45, 7) is 3.59. The Morgan fingerprint density at radius 1 is 1.23 bits per heavy atom. The lowest BCUT2D eigenvalue weighted by atomic mass is 9.98. The molecule has 1 unspecified atom stereocenters. The van der Waals surface area contributed by atoms with Crippen LogP contribution in [0, 0.1) is 6.92 Å². The van der Waals surface area contributed by atoms with Gasteiger partial charge < -0.3 is 10.6 Å². The molecule has 1 saturated heterocycles. The average Bonchev–Trinajstić information content (AvgIpc) is 3.09. The van der Waals surface area contributed by atoms with Crippen LogP contribution in [0.4, 0.5) is 17.2 Å². The maximum absolute atomic E-state index is 13.1. The van der Waals surface area contributed by atoms with Gasteiger partial charge in [-0.1, -0.05) is 6.07 Å². The van der Waals surface area contributed by atoms with E-state index in [1.54, 1.807) is 4.68 Å². The topological polar surface area (TPSA) is 67.4 Å². The van der Waals surface area contributed by atoms with Gasteiger partial charge in [0.15, 0.2) is 0 Å². The van der Waals surface area contributed by atoms with Crippen molar-refractivity contribution in [1.29, 1.82) is 0 Å². The fourth-order valence-corrected chi connectivity index (χ4v) is 4.03. The van der Waals surface area contributed by atoms with Crippen LogP contribution in [0.1, 0.15) is 24.1 Å². The summed E-state index contributed by atoms with van der Waals surface area (Å²) in [6, 6.07) is 7.89. The second kappa shape index (κ2) is 7.76. The second-order valence-corrected chi connectivity index (χ2v) is 6.70. The summed E-state index contributed by atoms with van der Waals surface area (Å²) in [7, 11) is 1.89. The van der Waals surface area contributed by atoms with Crippen molar-refractivity contribution in [2.75, 3.05) is 28.6 Å². The Labute approximate surface area is 166 Å². The highest BCUT2D eigenvalue weighted by molar-refractivity contribution is 6.01. The van der Waals surface area contributed by atoms with Crippen LogP contribution in [0.2, 0.25) is 0 Å². The molecule has 26 heavy (non-hydrogen) atoms. The fourth-order valence-electron chi connectivity index (χ4n) is 4.03. The van der Waals surface area contributed by atoms with Crippen molar-refractivity contribution in [3.05, 3.63) is 35.5 Å². The van der Waals surface area contributed by atoms with E-state index in [1.807, 2.05) is 37.1 Å². The predicted octanol–water partition coefficient (Wildman–Crippen LogP) is 2.71. The number of nitrogen functional groups attached to an aromatic ring is 1. The quantitative estimate of drug-likeness (QED) is 0.790. The minimum atomic E-state index is -0.110. The fraction of sp³-hybridized carbons (Fsp3) is 0.444. The monoisotopic (exact) mass is 397 g/mol. The zero-order valence-electron chi connectivity index (χ0n) is 15.0. The lowest BCUT2D eigenvalue weighted by molar-refractivity contribution is -0.118. The first kappa shape index (κ1) is 20.4. The number of hydrogen-bond donors (Lipinski definition) is 1. The van der Waals surface area contributed by atoms with Crippen molar-refractivity contribution >= 4 is 47.9 Å². The molecule has 1 aromatic heterocycles. The third-order valence-electron chi connectivity index (χ3n) is 5.13. The molecule has 0 spiro atoms. The maximum Gasteiger partial charge on any atom is 0.250 e. The summed E-state index contributed by atoms with van der Waals surface area (Å²) in [5.74, 6) is 1.04. The van der Waals surface area contributed by atoms with E-state index in [0.717, 1.165) is 55.2 Å². The van der Waals surface area contributed by atoms with E-state index in [9.17, 15) is 4.79 Å². The number of nitrogens with two attached hydrogens (primary N) is 1. The molecule has 2 aromatic rings. The number of aryl methyl sites for hydroxylation is 2. The van der Waals surface area contributed by atoms with Gasteiger partial charge in [0.25, 0.3) is 5.91 Å². The van der Waals surface area contributed by atoms with Crippen LogP contribution in [0.5, 0.6) is 0 Å². The molecule has 0 saturated carbocycles. The van der Waals surface area contributed by atoms with E-state index in [4.69, 9.17) is 5.73 Å². The van der Waals surface area contributed by atoms with Crippen molar-refractivity contribution in [2.45, 2.75) is 32.2 Å². The minimum Gasteiger partial charge on any atom is -0.398 e. The molecular formula is C18H25Cl2N5O. The Bertz CT molecular complexity index is 807. The molecule has 1 amide bonds. The van der Waals surface area contributed by atoms with Gasteiger partial charge in [0.1, 0.15) is 11.9 Å². The van der Waals surface area contributed by atoms with E-state index in [-0.39, 0.29) is 36.8 Å². The third-order valence-corrected chi connectivity index (χ3v) is 5.13. The highest BCUT2D eigenvalue weighted by Crippen LogP contribution is 2.35. The summed E-state index contributed by atoms with van der Waals surface area (Å²) in [6.07, 6.45) is 2.86. The summed E-state index contributed by atoms with van der Waals surface area (Å²) >= 11 is 0. The molecule has 0 aliphatic carbocycles. The zero-order chi connectivity index (χ0) is 16.8. The van der Waals surface area contributed by atoms with Gasteiger partial charge >= 0.3 is 0 Å². The number of amides is 1. The van der Waals surface area contributed by atoms with Crippen LogP contribution in [0.25, 0.3) is 0 Å². The third kappa shape index (κ3) is 3.23. The summed E-state index contributed by atoms with van der Waals surface area (Å²) in [4.78, 5) is 17.2. The lowest BCUT2D eigenvalue weighted by Gasteiger charge is -2.35. The molecule has 3 heterocycles. The Kier molecular flexibility index (Phi) is 6.09. The van der Waals surface area contributed by atoms with E-state index < -0.39 is 0 Å². The average molecular weight is 398 g/mol. The molecule has 1 fully saturated rings. The van der Waals surface area contributed by atoms with Crippen molar-refractivity contribution < 1.29 is 4.79 Å². The zero-order valence-corrected chi connectivity index (χ0v) is 16.6. The van der Waals surface area contributed by atoms with Gasteiger partial charge in [-0.3, -0.25) is 14.4 Å². The predicted molar refractivity (Wildman–Crippen MR) is 110 cm³/mol. The first-order valence-corrected chi connectivity index (χ1v) is 8.52. The maximum atomic E-state index is 13.1. The van der Waals surface area contributed by atoms with Crippen LogP contribution in [-0.4, -0.2) is 34.8 Å². The van der Waals surface area contributed by atoms with Gasteiger partial charge in [-0.05, 0) is 43.9 Å². The number of nitrogens with zero attached hydrogens (tertiary/aromatic N) is 4. The number of anilines is 3. The van der Waals surface area contributed by atoms with Crippen molar-refractivity contribution in [2.24, 2.45) is 7.05 Å². The highest BCUT2D eigenvalue weighted by atomic mass is 35.5. The Morgan fingerprint density at radius 3 is 2.69 bits per heavy atom. The number of fused-ring (bicyclic) bond motifs is 1.